The lowest BCUT2D eigenvalue weighted by Gasteiger charge is -2.07. The molecule has 0 bridgehead atoms. The third-order valence-electron chi connectivity index (χ3n) is 1.79. The van der Waals surface area contributed by atoms with Crippen LogP contribution in [0.15, 0.2) is 30.3 Å². The molecule has 72 valence electrons. The molecule has 0 fully saturated rings. The summed E-state index contributed by atoms with van der Waals surface area (Å²) >= 11 is 4.57. The van der Waals surface area contributed by atoms with E-state index in [0.717, 1.165) is 9.01 Å². The van der Waals surface area contributed by atoms with Crippen molar-refractivity contribution >= 4 is 34.4 Å². The fourth-order valence-electron chi connectivity index (χ4n) is 1.07. The Bertz CT molecular complexity index is 223. The van der Waals surface area contributed by atoms with Crippen molar-refractivity contribution in [1.29, 1.82) is 0 Å². The molecule has 0 nitrogen and oxygen atoms in total. The van der Waals surface area contributed by atoms with Gasteiger partial charge in [-0.3, -0.25) is 0 Å². The second kappa shape index (κ2) is 6.71. The van der Waals surface area contributed by atoms with Gasteiger partial charge in [0, 0.05) is 5.75 Å². The van der Waals surface area contributed by atoms with Gasteiger partial charge in [-0.2, -0.15) is 0 Å². The molecule has 0 spiro atoms. The van der Waals surface area contributed by atoms with E-state index in [0.29, 0.717) is 0 Å². The molecule has 2 heteroatoms. The first-order valence-corrected chi connectivity index (χ1v) is 6.92. The second-order valence-corrected chi connectivity index (χ2v) is 6.54. The predicted molar refractivity (Wildman–Crippen MR) is 70.5 cm³/mol. The summed E-state index contributed by atoms with van der Waals surface area (Å²) in [5, 5.41) is 0. The highest BCUT2D eigenvalue weighted by Crippen LogP contribution is 2.26. The van der Waals surface area contributed by atoms with Gasteiger partial charge in [-0.15, -0.1) is 11.8 Å². The molecule has 0 amide bonds. The Balaban J connectivity index is 2.27. The first kappa shape index (κ1) is 11.4. The topological polar surface area (TPSA) is 0 Å². The Morgan fingerprint density at radius 3 is 2.62 bits per heavy atom. The van der Waals surface area contributed by atoms with Crippen molar-refractivity contribution in [3.8, 4) is 0 Å². The zero-order chi connectivity index (χ0) is 9.52. The van der Waals surface area contributed by atoms with E-state index >= 15 is 0 Å². The van der Waals surface area contributed by atoms with Gasteiger partial charge < -0.3 is 0 Å². The summed E-state index contributed by atoms with van der Waals surface area (Å²) < 4.78 is 0.766. The number of thioether (sulfide) groups is 1. The monoisotopic (exact) mass is 306 g/mol. The fraction of sp³-hybridized carbons (Fsp3) is 0.455. The maximum atomic E-state index is 2.53. The van der Waals surface area contributed by atoms with E-state index in [9.17, 15) is 0 Å². The highest BCUT2D eigenvalue weighted by atomic mass is 127. The Labute approximate surface area is 98.6 Å². The minimum absolute atomic E-state index is 0.766. The Kier molecular flexibility index (Phi) is 5.87. The average molecular weight is 306 g/mol. The van der Waals surface area contributed by atoms with Crippen LogP contribution in [0.2, 0.25) is 0 Å². The van der Waals surface area contributed by atoms with Gasteiger partial charge in [0.05, 0.1) is 3.26 Å². The molecule has 0 aliphatic heterocycles. The fourth-order valence-corrected chi connectivity index (χ4v) is 3.20. The lowest BCUT2D eigenvalue weighted by Crippen LogP contribution is -1.90. The molecule has 1 unspecified atom stereocenters. The number of hydrogen-bond donors (Lipinski definition) is 0. The third kappa shape index (κ3) is 4.91. The second-order valence-electron chi connectivity index (χ2n) is 3.00. The SMILES string of the molecule is CCCC(I)SCc1ccccc1. The summed E-state index contributed by atoms with van der Waals surface area (Å²) in [5.41, 5.74) is 1.44. The highest BCUT2D eigenvalue weighted by molar-refractivity contribution is 14.1. The Morgan fingerprint density at radius 1 is 1.31 bits per heavy atom. The number of alkyl halides is 1. The molecular weight excluding hydrogens is 291 g/mol. The third-order valence-corrected chi connectivity index (χ3v) is 4.59. The van der Waals surface area contributed by atoms with E-state index < -0.39 is 0 Å². The molecule has 0 aliphatic carbocycles. The molecule has 0 aromatic heterocycles. The van der Waals surface area contributed by atoms with Crippen LogP contribution < -0.4 is 0 Å². The van der Waals surface area contributed by atoms with Gasteiger partial charge in [0.15, 0.2) is 0 Å². The van der Waals surface area contributed by atoms with Gasteiger partial charge >= 0.3 is 0 Å². The number of halogens is 1. The first-order chi connectivity index (χ1) is 6.33. The predicted octanol–water partition coefficient (Wildman–Crippen LogP) is 4.48. The van der Waals surface area contributed by atoms with Crippen molar-refractivity contribution in [3.05, 3.63) is 35.9 Å². The minimum atomic E-state index is 0.766. The molecule has 1 rings (SSSR count). The Morgan fingerprint density at radius 2 is 2.00 bits per heavy atom. The van der Waals surface area contributed by atoms with Crippen molar-refractivity contribution < 1.29 is 0 Å². The quantitative estimate of drug-likeness (QED) is 0.571. The molecule has 0 N–H and O–H groups in total. The van der Waals surface area contributed by atoms with Crippen LogP contribution in [0.25, 0.3) is 0 Å². The number of rotatable bonds is 5. The van der Waals surface area contributed by atoms with Gasteiger partial charge in [-0.25, -0.2) is 0 Å². The van der Waals surface area contributed by atoms with Crippen LogP contribution in [0.3, 0.4) is 0 Å². The normalized spacial score (nSPS) is 12.8. The van der Waals surface area contributed by atoms with Crippen LogP contribution in [-0.4, -0.2) is 3.26 Å². The van der Waals surface area contributed by atoms with Crippen LogP contribution in [0.1, 0.15) is 25.3 Å². The molecule has 0 saturated carbocycles. The summed E-state index contributed by atoms with van der Waals surface area (Å²) in [5.74, 6) is 1.15. The van der Waals surface area contributed by atoms with E-state index in [1.165, 1.54) is 18.4 Å². The van der Waals surface area contributed by atoms with E-state index in [1.54, 1.807) is 0 Å². The first-order valence-electron chi connectivity index (χ1n) is 4.62. The van der Waals surface area contributed by atoms with Crippen LogP contribution in [0.5, 0.6) is 0 Å². The van der Waals surface area contributed by atoms with Gasteiger partial charge in [0.25, 0.3) is 0 Å². The van der Waals surface area contributed by atoms with Crippen molar-refractivity contribution in [2.45, 2.75) is 28.8 Å². The van der Waals surface area contributed by atoms with Gasteiger partial charge in [0.1, 0.15) is 0 Å². The summed E-state index contributed by atoms with van der Waals surface area (Å²) in [6.45, 7) is 2.24. The molecule has 0 radical (unpaired) electrons. The van der Waals surface area contributed by atoms with Gasteiger partial charge in [-0.05, 0) is 12.0 Å². The van der Waals surface area contributed by atoms with Crippen molar-refractivity contribution in [2.24, 2.45) is 0 Å². The van der Waals surface area contributed by atoms with Crippen molar-refractivity contribution in [2.75, 3.05) is 0 Å². The van der Waals surface area contributed by atoms with Crippen molar-refractivity contribution in [3.63, 3.8) is 0 Å². The molecule has 1 atom stereocenters. The minimum Gasteiger partial charge on any atom is -0.143 e. The lowest BCUT2D eigenvalue weighted by molar-refractivity contribution is 0.883. The summed E-state index contributed by atoms with van der Waals surface area (Å²) in [6.07, 6.45) is 2.60. The van der Waals surface area contributed by atoms with Crippen LogP contribution in [-0.2, 0) is 5.75 Å². The van der Waals surface area contributed by atoms with E-state index in [-0.39, 0.29) is 0 Å². The van der Waals surface area contributed by atoms with Crippen LogP contribution in [0.4, 0.5) is 0 Å². The zero-order valence-corrected chi connectivity index (χ0v) is 10.8. The smallest absolute Gasteiger partial charge is 0.0567 e. The van der Waals surface area contributed by atoms with E-state index in [2.05, 4.69) is 59.8 Å². The molecule has 13 heavy (non-hydrogen) atoms. The van der Waals surface area contributed by atoms with E-state index in [1.807, 2.05) is 11.8 Å². The molecule has 1 aromatic carbocycles. The average Bonchev–Trinajstić information content (AvgIpc) is 2.17. The molecule has 1 aromatic rings. The summed E-state index contributed by atoms with van der Waals surface area (Å²) in [4.78, 5) is 0. The highest BCUT2D eigenvalue weighted by Gasteiger charge is 2.02. The molecule has 0 heterocycles. The summed E-state index contributed by atoms with van der Waals surface area (Å²) in [6, 6.07) is 10.7. The Hall–Kier alpha value is 0.300. The number of hydrogen-bond acceptors (Lipinski definition) is 1. The molecular formula is C11H15IS. The largest absolute Gasteiger partial charge is 0.143 e. The van der Waals surface area contributed by atoms with Crippen LogP contribution in [0, 0.1) is 0 Å². The lowest BCUT2D eigenvalue weighted by atomic mass is 10.2. The van der Waals surface area contributed by atoms with Gasteiger partial charge in [-0.1, -0.05) is 66.3 Å². The zero-order valence-electron chi connectivity index (χ0n) is 7.87. The maximum absolute atomic E-state index is 2.53. The van der Waals surface area contributed by atoms with Gasteiger partial charge in [0.2, 0.25) is 0 Å². The van der Waals surface area contributed by atoms with Crippen molar-refractivity contribution in [1.82, 2.24) is 0 Å². The standard InChI is InChI=1S/C11H15IS/c1-2-6-11(12)13-9-10-7-4-3-5-8-10/h3-5,7-8,11H,2,6,9H2,1H3. The molecule has 0 saturated heterocycles. The maximum Gasteiger partial charge on any atom is 0.0567 e. The summed E-state index contributed by atoms with van der Waals surface area (Å²) in [7, 11) is 0. The number of benzene rings is 1. The van der Waals surface area contributed by atoms with E-state index in [4.69, 9.17) is 0 Å². The van der Waals surface area contributed by atoms with Crippen LogP contribution >= 0.6 is 34.4 Å². The molecule has 0 aliphatic rings.